The second-order valence-corrected chi connectivity index (χ2v) is 5.86. The second-order valence-electron chi connectivity index (χ2n) is 5.86. The zero-order chi connectivity index (χ0) is 14.1. The first-order valence-corrected chi connectivity index (χ1v) is 6.37. The minimum Gasteiger partial charge on any atom is -0.444 e. The lowest BCUT2D eigenvalue weighted by Crippen LogP contribution is -2.37. The Balaban J connectivity index is 2.06. The number of amides is 1. The molecular formula is C14H19FN2O2. The lowest BCUT2D eigenvalue weighted by atomic mass is 9.97. The fourth-order valence-electron chi connectivity index (χ4n) is 2.12. The number of carbonyl (C=O) groups is 1. The van der Waals surface area contributed by atoms with Gasteiger partial charge in [0, 0.05) is 30.9 Å². The third-order valence-electron chi connectivity index (χ3n) is 3.05. The molecule has 0 aromatic carbocycles. The van der Waals surface area contributed by atoms with Crippen LogP contribution in [0.4, 0.5) is 9.18 Å². The van der Waals surface area contributed by atoms with Gasteiger partial charge in [-0.15, -0.1) is 0 Å². The SMILES string of the molecule is CC(C)(C)OC(=O)N1CC[C@@](F)(c2cccnc2)C1. The standard InChI is InChI=1S/C14H19FN2O2/c1-13(2,3)19-12(18)17-8-6-14(15,10-17)11-5-4-7-16-9-11/h4-5,7,9H,6,8,10H2,1-3H3/t14-/m0/s1. The summed E-state index contributed by atoms with van der Waals surface area (Å²) < 4.78 is 20.1. The van der Waals surface area contributed by atoms with Gasteiger partial charge >= 0.3 is 6.09 Å². The van der Waals surface area contributed by atoms with Crippen molar-refractivity contribution in [2.45, 2.75) is 38.5 Å². The molecule has 1 aliphatic rings. The number of carbonyl (C=O) groups excluding carboxylic acids is 1. The van der Waals surface area contributed by atoms with E-state index < -0.39 is 17.4 Å². The van der Waals surface area contributed by atoms with Crippen LogP contribution in [0.3, 0.4) is 0 Å². The number of aromatic nitrogens is 1. The Morgan fingerprint density at radius 2 is 2.26 bits per heavy atom. The Bertz CT molecular complexity index is 458. The van der Waals surface area contributed by atoms with E-state index in [0.717, 1.165) is 0 Å². The summed E-state index contributed by atoms with van der Waals surface area (Å²) in [6.45, 7) is 5.77. The van der Waals surface area contributed by atoms with Crippen LogP contribution in [0.25, 0.3) is 0 Å². The van der Waals surface area contributed by atoms with E-state index in [4.69, 9.17) is 4.74 Å². The molecule has 1 amide bonds. The molecule has 0 saturated carbocycles. The van der Waals surface area contributed by atoms with E-state index in [0.29, 0.717) is 12.1 Å². The highest BCUT2D eigenvalue weighted by Gasteiger charge is 2.43. The molecule has 0 bridgehead atoms. The smallest absolute Gasteiger partial charge is 0.410 e. The lowest BCUT2D eigenvalue weighted by molar-refractivity contribution is 0.0257. The van der Waals surface area contributed by atoms with E-state index in [9.17, 15) is 9.18 Å². The Kier molecular flexibility index (Phi) is 3.47. The van der Waals surface area contributed by atoms with Gasteiger partial charge in [-0.1, -0.05) is 6.07 Å². The predicted molar refractivity (Wildman–Crippen MR) is 69.4 cm³/mol. The van der Waals surface area contributed by atoms with Gasteiger partial charge in [0.05, 0.1) is 6.54 Å². The number of hydrogen-bond donors (Lipinski definition) is 0. The average molecular weight is 266 g/mol. The fraction of sp³-hybridized carbons (Fsp3) is 0.571. The van der Waals surface area contributed by atoms with Crippen molar-refractivity contribution in [1.29, 1.82) is 0 Å². The third-order valence-corrected chi connectivity index (χ3v) is 3.05. The van der Waals surface area contributed by atoms with Crippen molar-refractivity contribution in [3.05, 3.63) is 30.1 Å². The first-order chi connectivity index (χ1) is 8.80. The summed E-state index contributed by atoms with van der Waals surface area (Å²) in [6, 6.07) is 3.40. The minimum absolute atomic E-state index is 0.0214. The Labute approximate surface area is 112 Å². The van der Waals surface area contributed by atoms with Crippen LogP contribution in [0, 0.1) is 0 Å². The van der Waals surface area contributed by atoms with Crippen LogP contribution in [0.15, 0.2) is 24.5 Å². The summed E-state index contributed by atoms with van der Waals surface area (Å²) in [7, 11) is 0. The van der Waals surface area contributed by atoms with E-state index in [1.54, 1.807) is 39.1 Å². The van der Waals surface area contributed by atoms with Gasteiger partial charge in [-0.3, -0.25) is 4.98 Å². The summed E-state index contributed by atoms with van der Waals surface area (Å²) in [6.07, 6.45) is 2.93. The topological polar surface area (TPSA) is 42.4 Å². The number of ether oxygens (including phenoxy) is 1. The molecule has 4 nitrogen and oxygen atoms in total. The van der Waals surface area contributed by atoms with E-state index in [1.807, 2.05) is 0 Å². The van der Waals surface area contributed by atoms with Crippen LogP contribution in [0.2, 0.25) is 0 Å². The molecule has 2 rings (SSSR count). The Morgan fingerprint density at radius 3 is 2.84 bits per heavy atom. The molecule has 0 unspecified atom stereocenters. The van der Waals surface area contributed by atoms with Gasteiger partial charge in [-0.2, -0.15) is 0 Å². The van der Waals surface area contributed by atoms with Crippen molar-refractivity contribution in [3.8, 4) is 0 Å². The van der Waals surface area contributed by atoms with Crippen molar-refractivity contribution >= 4 is 6.09 Å². The van der Waals surface area contributed by atoms with Crippen molar-refractivity contribution < 1.29 is 13.9 Å². The molecule has 0 spiro atoms. The van der Waals surface area contributed by atoms with Gasteiger partial charge in [0.2, 0.25) is 0 Å². The highest BCUT2D eigenvalue weighted by molar-refractivity contribution is 5.68. The predicted octanol–water partition coefficient (Wildman–Crippen LogP) is 2.89. The van der Waals surface area contributed by atoms with Crippen molar-refractivity contribution in [1.82, 2.24) is 9.88 Å². The Morgan fingerprint density at radius 1 is 1.53 bits per heavy atom. The first kappa shape index (κ1) is 13.8. The normalized spacial score (nSPS) is 23.5. The number of alkyl halides is 1. The van der Waals surface area contributed by atoms with Crippen molar-refractivity contribution in [3.63, 3.8) is 0 Å². The number of likely N-dealkylation sites (tertiary alicyclic amines) is 1. The molecule has 1 fully saturated rings. The monoisotopic (exact) mass is 266 g/mol. The van der Waals surface area contributed by atoms with Gasteiger partial charge in [0.25, 0.3) is 0 Å². The zero-order valence-electron chi connectivity index (χ0n) is 11.5. The largest absolute Gasteiger partial charge is 0.444 e. The number of hydrogen-bond acceptors (Lipinski definition) is 3. The van der Waals surface area contributed by atoms with E-state index >= 15 is 0 Å². The maximum absolute atomic E-state index is 14.8. The zero-order valence-corrected chi connectivity index (χ0v) is 11.5. The maximum atomic E-state index is 14.8. The molecule has 0 aliphatic carbocycles. The maximum Gasteiger partial charge on any atom is 0.410 e. The van der Waals surface area contributed by atoms with Crippen LogP contribution >= 0.6 is 0 Å². The van der Waals surface area contributed by atoms with Crippen LogP contribution in [0.1, 0.15) is 32.8 Å². The fourth-order valence-corrected chi connectivity index (χ4v) is 2.12. The minimum atomic E-state index is -1.52. The average Bonchev–Trinajstić information content (AvgIpc) is 2.73. The van der Waals surface area contributed by atoms with Gasteiger partial charge in [-0.05, 0) is 26.8 Å². The molecule has 1 aromatic heterocycles. The molecule has 104 valence electrons. The van der Waals surface area contributed by atoms with Crippen LogP contribution < -0.4 is 0 Å². The van der Waals surface area contributed by atoms with E-state index in [2.05, 4.69) is 4.98 Å². The van der Waals surface area contributed by atoms with E-state index in [1.165, 1.54) is 11.1 Å². The van der Waals surface area contributed by atoms with Crippen LogP contribution in [-0.4, -0.2) is 34.7 Å². The van der Waals surface area contributed by atoms with Gasteiger partial charge in [-0.25, -0.2) is 9.18 Å². The molecule has 0 radical (unpaired) electrons. The van der Waals surface area contributed by atoms with Gasteiger partial charge in [0.1, 0.15) is 5.60 Å². The lowest BCUT2D eigenvalue weighted by Gasteiger charge is -2.25. The second kappa shape index (κ2) is 4.79. The summed E-state index contributed by atoms with van der Waals surface area (Å²) in [5.74, 6) is 0. The molecule has 1 atom stereocenters. The highest BCUT2D eigenvalue weighted by atomic mass is 19.1. The third kappa shape index (κ3) is 3.22. The molecule has 1 aliphatic heterocycles. The Hall–Kier alpha value is -1.65. The van der Waals surface area contributed by atoms with Gasteiger partial charge in [0.15, 0.2) is 5.67 Å². The van der Waals surface area contributed by atoms with Crippen LogP contribution in [0.5, 0.6) is 0 Å². The summed E-state index contributed by atoms with van der Waals surface area (Å²) in [5.41, 5.74) is -1.57. The quantitative estimate of drug-likeness (QED) is 0.785. The van der Waals surface area contributed by atoms with Gasteiger partial charge < -0.3 is 9.64 Å². The summed E-state index contributed by atoms with van der Waals surface area (Å²) in [4.78, 5) is 17.2. The summed E-state index contributed by atoms with van der Waals surface area (Å²) >= 11 is 0. The number of rotatable bonds is 1. The van der Waals surface area contributed by atoms with Crippen molar-refractivity contribution in [2.75, 3.05) is 13.1 Å². The molecule has 0 N–H and O–H groups in total. The molecule has 1 aromatic rings. The molecule has 5 heteroatoms. The number of halogens is 1. The van der Waals surface area contributed by atoms with E-state index in [-0.39, 0.29) is 13.0 Å². The highest BCUT2D eigenvalue weighted by Crippen LogP contribution is 2.36. The van der Waals surface area contributed by atoms with Crippen LogP contribution in [-0.2, 0) is 10.4 Å². The number of pyridine rings is 1. The molecule has 19 heavy (non-hydrogen) atoms. The molecule has 1 saturated heterocycles. The summed E-state index contributed by atoms with van der Waals surface area (Å²) in [5, 5.41) is 0. The first-order valence-electron chi connectivity index (χ1n) is 6.37. The number of nitrogens with zero attached hydrogens (tertiary/aromatic N) is 2. The molecular weight excluding hydrogens is 247 g/mol. The molecule has 2 heterocycles. The van der Waals surface area contributed by atoms with Crippen molar-refractivity contribution in [2.24, 2.45) is 0 Å².